The van der Waals surface area contributed by atoms with E-state index in [0.29, 0.717) is 23.5 Å². The van der Waals surface area contributed by atoms with Crippen LogP contribution in [0.15, 0.2) is 72.8 Å². The van der Waals surface area contributed by atoms with Crippen LogP contribution in [0.25, 0.3) is 0 Å². The summed E-state index contributed by atoms with van der Waals surface area (Å²) >= 11 is 1.28. The maximum atomic E-state index is 13.6. The minimum atomic E-state index is -0.947. The fraction of sp³-hybridized carbons (Fsp3) is 0.344. The number of nitrogens with zero attached hydrogens (tertiary/aromatic N) is 1. The molecule has 0 bridgehead atoms. The van der Waals surface area contributed by atoms with Gasteiger partial charge in [0, 0.05) is 24.5 Å². The highest BCUT2D eigenvalue weighted by Crippen LogP contribution is 2.46. The van der Waals surface area contributed by atoms with Gasteiger partial charge in [-0.05, 0) is 65.6 Å². The van der Waals surface area contributed by atoms with E-state index < -0.39 is 41.0 Å². The summed E-state index contributed by atoms with van der Waals surface area (Å²) in [6, 6.07) is 17.0. The Labute approximate surface area is 258 Å². The molecule has 1 fully saturated rings. The van der Waals surface area contributed by atoms with E-state index in [1.807, 2.05) is 0 Å². The molecule has 1 saturated heterocycles. The lowest BCUT2D eigenvalue weighted by Gasteiger charge is -2.47. The third kappa shape index (κ3) is 8.34. The third-order valence-electron chi connectivity index (χ3n) is 7.17. The molecule has 0 aliphatic carbocycles. The number of ether oxygens (including phenoxy) is 1. The van der Waals surface area contributed by atoms with Crippen molar-refractivity contribution >= 4 is 35.2 Å². The standard InChI is InChI=1S/C32H35F2N3O6S/c1-19(2)28(32(41)42)36-16-15-35-27(39)17-43-25-13-5-21(6-14-25)29-30(31(40)37(29)24-11-9-23(34)10-12-24)44-18-26(38)20-3-7-22(33)8-4-20/h3-14,19,26,28-30,36,38H,15-18H2,1-2H3,(H,35,39)(H,41,42)/t26-,28+,29?,30+/m0/s1. The Hall–Kier alpha value is -4.00. The molecular formula is C32H35F2N3O6S. The topological polar surface area (TPSA) is 128 Å². The van der Waals surface area contributed by atoms with Gasteiger partial charge in [0.05, 0.1) is 12.1 Å². The van der Waals surface area contributed by atoms with Gasteiger partial charge >= 0.3 is 5.97 Å². The van der Waals surface area contributed by atoms with Gasteiger partial charge in [-0.1, -0.05) is 38.1 Å². The average Bonchev–Trinajstić information content (AvgIpc) is 2.99. The highest BCUT2D eigenvalue weighted by atomic mass is 32.2. The summed E-state index contributed by atoms with van der Waals surface area (Å²) < 4.78 is 32.5. The number of rotatable bonds is 15. The number of carboxylic acid groups (broad SMARTS) is 1. The van der Waals surface area contributed by atoms with Gasteiger partial charge in [-0.15, -0.1) is 11.8 Å². The van der Waals surface area contributed by atoms with Crippen LogP contribution in [-0.4, -0.2) is 64.7 Å². The second-order valence-corrected chi connectivity index (χ2v) is 11.8. The van der Waals surface area contributed by atoms with Crippen molar-refractivity contribution in [3.8, 4) is 5.75 Å². The number of anilines is 1. The summed E-state index contributed by atoms with van der Waals surface area (Å²) in [5.74, 6) is -1.79. The third-order valence-corrected chi connectivity index (χ3v) is 8.50. The van der Waals surface area contributed by atoms with Gasteiger partial charge in [0.15, 0.2) is 6.61 Å². The van der Waals surface area contributed by atoms with Crippen LogP contribution >= 0.6 is 11.8 Å². The molecule has 2 amide bonds. The van der Waals surface area contributed by atoms with Gasteiger partial charge in [0.25, 0.3) is 5.91 Å². The highest BCUT2D eigenvalue weighted by Gasteiger charge is 2.49. The molecule has 4 N–H and O–H groups in total. The number of carbonyl (C=O) groups is 3. The molecule has 12 heteroatoms. The maximum Gasteiger partial charge on any atom is 0.320 e. The molecule has 0 radical (unpaired) electrons. The smallest absolute Gasteiger partial charge is 0.320 e. The quantitative estimate of drug-likeness (QED) is 0.147. The van der Waals surface area contributed by atoms with Crippen LogP contribution in [0.4, 0.5) is 14.5 Å². The molecule has 1 heterocycles. The summed E-state index contributed by atoms with van der Waals surface area (Å²) in [7, 11) is 0. The number of aliphatic carboxylic acids is 1. The van der Waals surface area contributed by atoms with E-state index in [0.717, 1.165) is 5.56 Å². The van der Waals surface area contributed by atoms with Crippen molar-refractivity contribution in [2.45, 2.75) is 37.3 Å². The van der Waals surface area contributed by atoms with Crippen molar-refractivity contribution in [2.24, 2.45) is 5.92 Å². The van der Waals surface area contributed by atoms with Crippen molar-refractivity contribution in [3.63, 3.8) is 0 Å². The fourth-order valence-corrected chi connectivity index (χ4v) is 6.11. The van der Waals surface area contributed by atoms with E-state index in [-0.39, 0.29) is 36.6 Å². The van der Waals surface area contributed by atoms with Crippen molar-refractivity contribution in [2.75, 3.05) is 30.3 Å². The first-order valence-corrected chi connectivity index (χ1v) is 15.2. The zero-order chi connectivity index (χ0) is 31.8. The van der Waals surface area contributed by atoms with E-state index in [1.54, 1.807) is 43.0 Å². The molecule has 4 rings (SSSR count). The van der Waals surface area contributed by atoms with Crippen LogP contribution < -0.4 is 20.3 Å². The Bertz CT molecular complexity index is 1420. The van der Waals surface area contributed by atoms with Gasteiger partial charge < -0.3 is 30.5 Å². The summed E-state index contributed by atoms with van der Waals surface area (Å²) in [4.78, 5) is 38.3. The number of aliphatic hydroxyl groups excluding tert-OH is 1. The monoisotopic (exact) mass is 627 g/mol. The zero-order valence-electron chi connectivity index (χ0n) is 24.3. The Morgan fingerprint density at radius 3 is 2.16 bits per heavy atom. The van der Waals surface area contributed by atoms with Gasteiger partial charge in [-0.3, -0.25) is 14.4 Å². The number of hydrogen-bond donors (Lipinski definition) is 4. The van der Waals surface area contributed by atoms with Gasteiger partial charge in [0.2, 0.25) is 5.91 Å². The first-order valence-electron chi connectivity index (χ1n) is 14.1. The number of halogens is 2. The molecule has 0 aromatic heterocycles. The number of benzene rings is 3. The second-order valence-electron chi connectivity index (χ2n) is 10.7. The zero-order valence-corrected chi connectivity index (χ0v) is 25.1. The molecule has 1 aliphatic heterocycles. The number of carboxylic acids is 1. The van der Waals surface area contributed by atoms with E-state index in [1.165, 1.54) is 60.3 Å². The Balaban J connectivity index is 1.36. The van der Waals surface area contributed by atoms with E-state index >= 15 is 0 Å². The Kier molecular flexibility index (Phi) is 11.3. The molecule has 9 nitrogen and oxygen atoms in total. The molecule has 3 aromatic rings. The van der Waals surface area contributed by atoms with Crippen molar-refractivity contribution in [1.82, 2.24) is 10.6 Å². The van der Waals surface area contributed by atoms with E-state index in [2.05, 4.69) is 10.6 Å². The largest absolute Gasteiger partial charge is 0.484 e. The van der Waals surface area contributed by atoms with E-state index in [9.17, 15) is 33.4 Å². The lowest BCUT2D eigenvalue weighted by atomic mass is 9.92. The second kappa shape index (κ2) is 15.1. The van der Waals surface area contributed by atoms with Gasteiger partial charge in [0.1, 0.15) is 28.7 Å². The van der Waals surface area contributed by atoms with Crippen molar-refractivity contribution < 1.29 is 38.1 Å². The first-order chi connectivity index (χ1) is 21.0. The normalized spacial score (nSPS) is 17.6. The van der Waals surface area contributed by atoms with Crippen LogP contribution in [-0.2, 0) is 14.4 Å². The van der Waals surface area contributed by atoms with Gasteiger partial charge in [-0.2, -0.15) is 0 Å². The first kappa shape index (κ1) is 32.9. The van der Waals surface area contributed by atoms with Crippen molar-refractivity contribution in [1.29, 1.82) is 0 Å². The number of β-lactam (4-membered cyclic amide) rings is 1. The number of amides is 2. The van der Waals surface area contributed by atoms with Crippen LogP contribution in [0.5, 0.6) is 5.75 Å². The lowest BCUT2D eigenvalue weighted by Crippen LogP contribution is -2.57. The molecular weight excluding hydrogens is 592 g/mol. The molecule has 234 valence electrons. The fourth-order valence-electron chi connectivity index (χ4n) is 4.81. The predicted octanol–water partition coefficient (Wildman–Crippen LogP) is 4.08. The van der Waals surface area contributed by atoms with Crippen LogP contribution in [0.2, 0.25) is 0 Å². The highest BCUT2D eigenvalue weighted by molar-refractivity contribution is 8.00. The minimum absolute atomic E-state index is 0.0998. The number of aliphatic hydroxyl groups is 1. The molecule has 44 heavy (non-hydrogen) atoms. The van der Waals surface area contributed by atoms with Crippen LogP contribution in [0.3, 0.4) is 0 Å². The Morgan fingerprint density at radius 2 is 1.57 bits per heavy atom. The molecule has 0 spiro atoms. The maximum absolute atomic E-state index is 13.6. The molecule has 1 aliphatic rings. The average molecular weight is 628 g/mol. The summed E-state index contributed by atoms with van der Waals surface area (Å²) in [5, 5.41) is 24.9. The summed E-state index contributed by atoms with van der Waals surface area (Å²) in [6.45, 7) is 3.88. The number of carbonyl (C=O) groups excluding carboxylic acids is 2. The molecule has 3 aromatic carbocycles. The van der Waals surface area contributed by atoms with E-state index in [4.69, 9.17) is 4.74 Å². The summed E-state index contributed by atoms with van der Waals surface area (Å²) in [6.07, 6.45) is -0.902. The number of nitrogens with one attached hydrogen (secondary N) is 2. The number of thioether (sulfide) groups is 1. The summed E-state index contributed by atoms with van der Waals surface area (Å²) in [5.41, 5.74) is 1.86. The van der Waals surface area contributed by atoms with Crippen molar-refractivity contribution in [3.05, 3.63) is 95.6 Å². The lowest BCUT2D eigenvalue weighted by molar-refractivity contribution is -0.140. The van der Waals surface area contributed by atoms with Crippen LogP contribution in [0, 0.1) is 17.6 Å². The minimum Gasteiger partial charge on any atom is -0.484 e. The molecule has 4 atom stereocenters. The van der Waals surface area contributed by atoms with Crippen LogP contribution in [0.1, 0.15) is 37.1 Å². The SMILES string of the molecule is CC(C)[C@@H](NCCNC(=O)COc1ccc(C2[C@@H](SC[C@H](O)c3ccc(F)cc3)C(=O)N2c2ccc(F)cc2)cc1)C(=O)O. The Morgan fingerprint density at radius 1 is 0.955 bits per heavy atom. The number of hydrogen-bond acceptors (Lipinski definition) is 7. The van der Waals surface area contributed by atoms with Gasteiger partial charge in [-0.25, -0.2) is 8.78 Å². The molecule has 1 unspecified atom stereocenters. The predicted molar refractivity (Wildman–Crippen MR) is 163 cm³/mol. The molecule has 0 saturated carbocycles.